The minimum Gasteiger partial charge on any atom is -0.392 e. The summed E-state index contributed by atoms with van der Waals surface area (Å²) in [4.78, 5) is 10.1. The van der Waals surface area contributed by atoms with E-state index in [1.807, 2.05) is 0 Å². The van der Waals surface area contributed by atoms with Crippen molar-refractivity contribution in [2.75, 3.05) is 0 Å². The zero-order valence-corrected chi connectivity index (χ0v) is 7.16. The first-order valence-electron chi connectivity index (χ1n) is 4.09. The summed E-state index contributed by atoms with van der Waals surface area (Å²) in [5, 5.41) is 8.76. The van der Waals surface area contributed by atoms with E-state index in [0.29, 0.717) is 12.8 Å². The molecule has 0 heterocycles. The number of carbonyl (C=O) groups excluding carboxylic acids is 1. The molecule has 0 unspecified atom stereocenters. The van der Waals surface area contributed by atoms with E-state index in [1.165, 1.54) is 6.07 Å². The van der Waals surface area contributed by atoms with Gasteiger partial charge in [0.2, 0.25) is 0 Å². The average Bonchev–Trinajstić information content (AvgIpc) is 2.16. The predicted molar refractivity (Wildman–Crippen MR) is 46.7 cm³/mol. The van der Waals surface area contributed by atoms with Crippen LogP contribution in [0, 0.1) is 5.82 Å². The second-order valence-corrected chi connectivity index (χ2v) is 2.79. The van der Waals surface area contributed by atoms with Crippen LogP contribution in [0.25, 0.3) is 0 Å². The first-order valence-corrected chi connectivity index (χ1v) is 4.09. The molecule has 3 heteroatoms. The molecule has 0 aromatic heterocycles. The van der Waals surface area contributed by atoms with Crippen molar-refractivity contribution in [1.82, 2.24) is 0 Å². The molecule has 2 nitrogen and oxygen atoms in total. The highest BCUT2D eigenvalue weighted by Crippen LogP contribution is 2.11. The fraction of sp³-hybridized carbons (Fsp3) is 0.300. The molecule has 0 aliphatic carbocycles. The number of carbonyl (C=O) groups is 1. The maximum absolute atomic E-state index is 12.9. The number of rotatable bonds is 4. The molecular formula is C10H11FO2. The van der Waals surface area contributed by atoms with E-state index in [0.717, 1.165) is 11.8 Å². The van der Waals surface area contributed by atoms with Crippen LogP contribution in [-0.2, 0) is 17.8 Å². The van der Waals surface area contributed by atoms with Crippen LogP contribution in [0.2, 0.25) is 0 Å². The fourth-order valence-corrected chi connectivity index (χ4v) is 1.13. The third-order valence-corrected chi connectivity index (χ3v) is 1.83. The van der Waals surface area contributed by atoms with Crippen molar-refractivity contribution in [2.45, 2.75) is 19.4 Å². The number of aldehydes is 1. The van der Waals surface area contributed by atoms with Crippen molar-refractivity contribution in [2.24, 2.45) is 0 Å². The van der Waals surface area contributed by atoms with E-state index in [-0.39, 0.29) is 12.2 Å². The molecule has 0 saturated heterocycles. The van der Waals surface area contributed by atoms with Gasteiger partial charge in [-0.25, -0.2) is 4.39 Å². The molecule has 0 fully saturated rings. The van der Waals surface area contributed by atoms with Gasteiger partial charge in [0.05, 0.1) is 6.61 Å². The summed E-state index contributed by atoms with van der Waals surface area (Å²) < 4.78 is 12.9. The summed E-state index contributed by atoms with van der Waals surface area (Å²) in [5.74, 6) is -0.405. The Morgan fingerprint density at radius 3 is 2.85 bits per heavy atom. The number of hydrogen-bond donors (Lipinski definition) is 1. The molecule has 0 amide bonds. The number of aliphatic hydroxyl groups excluding tert-OH is 1. The Morgan fingerprint density at radius 2 is 2.23 bits per heavy atom. The van der Waals surface area contributed by atoms with Crippen molar-refractivity contribution < 1.29 is 14.3 Å². The van der Waals surface area contributed by atoms with Crippen LogP contribution >= 0.6 is 0 Å². The normalized spacial score (nSPS) is 10.0. The van der Waals surface area contributed by atoms with Gasteiger partial charge in [0.15, 0.2) is 0 Å². The summed E-state index contributed by atoms with van der Waals surface area (Å²) >= 11 is 0. The molecule has 1 aromatic carbocycles. The Kier molecular flexibility index (Phi) is 3.58. The van der Waals surface area contributed by atoms with Crippen molar-refractivity contribution in [3.05, 3.63) is 35.1 Å². The Morgan fingerprint density at radius 1 is 1.46 bits per heavy atom. The quantitative estimate of drug-likeness (QED) is 0.715. The van der Waals surface area contributed by atoms with Gasteiger partial charge >= 0.3 is 0 Å². The number of hydrogen-bond acceptors (Lipinski definition) is 2. The van der Waals surface area contributed by atoms with Gasteiger partial charge in [-0.1, -0.05) is 12.1 Å². The number of aryl methyl sites for hydroxylation is 1. The molecule has 0 saturated carbocycles. The third-order valence-electron chi connectivity index (χ3n) is 1.83. The van der Waals surface area contributed by atoms with E-state index in [4.69, 9.17) is 5.11 Å². The zero-order valence-electron chi connectivity index (χ0n) is 7.16. The van der Waals surface area contributed by atoms with Gasteiger partial charge in [0, 0.05) is 12.0 Å². The van der Waals surface area contributed by atoms with Crippen LogP contribution in [0.1, 0.15) is 17.5 Å². The van der Waals surface area contributed by atoms with Crippen LogP contribution in [0.5, 0.6) is 0 Å². The SMILES string of the molecule is O=CCCc1ccc(F)c(CO)c1. The molecule has 0 radical (unpaired) electrons. The molecule has 13 heavy (non-hydrogen) atoms. The topological polar surface area (TPSA) is 37.3 Å². The Labute approximate surface area is 76.0 Å². The molecule has 1 aromatic rings. The van der Waals surface area contributed by atoms with Crippen LogP contribution in [0.15, 0.2) is 18.2 Å². The van der Waals surface area contributed by atoms with Gasteiger partial charge < -0.3 is 9.90 Å². The summed E-state index contributed by atoms with van der Waals surface area (Å²) in [7, 11) is 0. The van der Waals surface area contributed by atoms with Crippen molar-refractivity contribution in [1.29, 1.82) is 0 Å². The van der Waals surface area contributed by atoms with Gasteiger partial charge in [-0.3, -0.25) is 0 Å². The lowest BCUT2D eigenvalue weighted by atomic mass is 10.1. The van der Waals surface area contributed by atoms with Crippen molar-refractivity contribution >= 4 is 6.29 Å². The molecule has 0 aliphatic rings. The molecule has 0 atom stereocenters. The Bertz CT molecular complexity index is 297. The molecular weight excluding hydrogens is 171 g/mol. The van der Waals surface area contributed by atoms with E-state index in [1.54, 1.807) is 12.1 Å². The lowest BCUT2D eigenvalue weighted by Crippen LogP contribution is -1.93. The summed E-state index contributed by atoms with van der Waals surface area (Å²) in [5.41, 5.74) is 1.15. The minimum atomic E-state index is -0.405. The summed E-state index contributed by atoms with van der Waals surface area (Å²) in [6, 6.07) is 4.52. The fourth-order valence-electron chi connectivity index (χ4n) is 1.13. The predicted octanol–water partition coefficient (Wildman–Crippen LogP) is 1.45. The second-order valence-electron chi connectivity index (χ2n) is 2.79. The van der Waals surface area contributed by atoms with E-state index in [2.05, 4.69) is 0 Å². The Balaban J connectivity index is 2.79. The zero-order chi connectivity index (χ0) is 9.68. The van der Waals surface area contributed by atoms with Gasteiger partial charge in [0.25, 0.3) is 0 Å². The Hall–Kier alpha value is -1.22. The van der Waals surface area contributed by atoms with E-state index in [9.17, 15) is 9.18 Å². The highest BCUT2D eigenvalue weighted by atomic mass is 19.1. The summed E-state index contributed by atoms with van der Waals surface area (Å²) in [6.45, 7) is -0.305. The lowest BCUT2D eigenvalue weighted by molar-refractivity contribution is -0.107. The minimum absolute atomic E-state index is 0.281. The second kappa shape index (κ2) is 4.72. The molecule has 0 spiro atoms. The molecule has 0 aliphatic heterocycles. The third kappa shape index (κ3) is 2.63. The van der Waals surface area contributed by atoms with Gasteiger partial charge in [0.1, 0.15) is 12.1 Å². The standard InChI is InChI=1S/C10H11FO2/c11-10-4-3-8(2-1-5-12)6-9(10)7-13/h3-6,13H,1-2,7H2. The van der Waals surface area contributed by atoms with E-state index >= 15 is 0 Å². The smallest absolute Gasteiger partial charge is 0.128 e. The van der Waals surface area contributed by atoms with Gasteiger partial charge in [-0.15, -0.1) is 0 Å². The number of benzene rings is 1. The van der Waals surface area contributed by atoms with Crippen molar-refractivity contribution in [3.8, 4) is 0 Å². The largest absolute Gasteiger partial charge is 0.392 e. The molecule has 1 rings (SSSR count). The lowest BCUT2D eigenvalue weighted by Gasteiger charge is -2.02. The average molecular weight is 182 g/mol. The van der Waals surface area contributed by atoms with Crippen LogP contribution in [-0.4, -0.2) is 11.4 Å². The molecule has 1 N–H and O–H groups in total. The van der Waals surface area contributed by atoms with Crippen LogP contribution in [0.3, 0.4) is 0 Å². The number of halogens is 1. The first-order chi connectivity index (χ1) is 6.27. The highest BCUT2D eigenvalue weighted by molar-refractivity contribution is 5.50. The maximum Gasteiger partial charge on any atom is 0.128 e. The molecule has 70 valence electrons. The number of aliphatic hydroxyl groups is 1. The highest BCUT2D eigenvalue weighted by Gasteiger charge is 2.01. The first kappa shape index (κ1) is 9.86. The van der Waals surface area contributed by atoms with E-state index < -0.39 is 5.82 Å². The van der Waals surface area contributed by atoms with Crippen LogP contribution < -0.4 is 0 Å². The summed E-state index contributed by atoms with van der Waals surface area (Å²) in [6.07, 6.45) is 1.84. The van der Waals surface area contributed by atoms with Gasteiger partial charge in [-0.05, 0) is 18.1 Å². The van der Waals surface area contributed by atoms with Gasteiger partial charge in [-0.2, -0.15) is 0 Å². The van der Waals surface area contributed by atoms with Crippen molar-refractivity contribution in [3.63, 3.8) is 0 Å². The maximum atomic E-state index is 12.9. The monoisotopic (exact) mass is 182 g/mol. The molecule has 0 bridgehead atoms. The van der Waals surface area contributed by atoms with Crippen LogP contribution in [0.4, 0.5) is 4.39 Å².